The van der Waals surface area contributed by atoms with Crippen molar-refractivity contribution in [1.82, 2.24) is 24.2 Å². The summed E-state index contributed by atoms with van der Waals surface area (Å²) in [6.45, 7) is 0.507. The minimum Gasteiger partial charge on any atom is -0.336 e. The highest BCUT2D eigenvalue weighted by Crippen LogP contribution is 2.13. The second-order valence-electron chi connectivity index (χ2n) is 5.17. The first-order valence-corrected chi connectivity index (χ1v) is 6.96. The van der Waals surface area contributed by atoms with Crippen LogP contribution >= 0.6 is 0 Å². The molecule has 6 heteroatoms. The number of para-hydroxylation sites is 1. The Balaban J connectivity index is 1.82. The Morgan fingerprint density at radius 2 is 2.00 bits per heavy atom. The molecule has 0 unspecified atom stereocenters. The van der Waals surface area contributed by atoms with E-state index in [2.05, 4.69) is 10.1 Å². The molecule has 2 heterocycles. The summed E-state index contributed by atoms with van der Waals surface area (Å²) >= 11 is 0. The molecule has 0 aliphatic carbocycles. The summed E-state index contributed by atoms with van der Waals surface area (Å²) in [5.74, 6) is -0.0785. The molecule has 112 valence electrons. The van der Waals surface area contributed by atoms with Crippen LogP contribution in [0.4, 0.5) is 0 Å². The highest BCUT2D eigenvalue weighted by molar-refractivity contribution is 5.92. The molecule has 0 N–H and O–H groups in total. The van der Waals surface area contributed by atoms with Gasteiger partial charge in [-0.25, -0.2) is 4.98 Å². The number of carbonyl (C=O) groups excluding carboxylic acids is 1. The van der Waals surface area contributed by atoms with Crippen LogP contribution in [0.15, 0.2) is 55.2 Å². The van der Waals surface area contributed by atoms with Crippen molar-refractivity contribution < 1.29 is 4.79 Å². The van der Waals surface area contributed by atoms with Gasteiger partial charge in [0, 0.05) is 38.1 Å². The molecule has 6 nitrogen and oxygen atoms in total. The maximum Gasteiger partial charge on any atom is 0.272 e. The Labute approximate surface area is 128 Å². The summed E-state index contributed by atoms with van der Waals surface area (Å²) in [6.07, 6.45) is 6.91. The van der Waals surface area contributed by atoms with E-state index in [9.17, 15) is 4.79 Å². The van der Waals surface area contributed by atoms with E-state index in [0.717, 1.165) is 11.3 Å². The van der Waals surface area contributed by atoms with Gasteiger partial charge in [-0.2, -0.15) is 5.10 Å². The van der Waals surface area contributed by atoms with Crippen LogP contribution in [0.2, 0.25) is 0 Å². The molecule has 0 bridgehead atoms. The minimum absolute atomic E-state index is 0.0785. The molecule has 0 fully saturated rings. The third-order valence-corrected chi connectivity index (χ3v) is 3.42. The largest absolute Gasteiger partial charge is 0.336 e. The van der Waals surface area contributed by atoms with Crippen LogP contribution in [0, 0.1) is 0 Å². The van der Waals surface area contributed by atoms with Gasteiger partial charge < -0.3 is 4.90 Å². The number of amides is 1. The standard InChI is InChI=1S/C16H17N5O/c1-19(10-13-8-18-20(2)11-13)16(22)15-9-17-12-21(15)14-6-4-3-5-7-14/h3-9,11-12H,10H2,1-2H3. The molecular formula is C16H17N5O. The second kappa shape index (κ2) is 5.85. The number of rotatable bonds is 4. The summed E-state index contributed by atoms with van der Waals surface area (Å²) in [4.78, 5) is 18.4. The van der Waals surface area contributed by atoms with Gasteiger partial charge in [-0.1, -0.05) is 18.2 Å². The van der Waals surface area contributed by atoms with E-state index in [1.807, 2.05) is 43.6 Å². The Hall–Kier alpha value is -2.89. The zero-order chi connectivity index (χ0) is 15.5. The number of aromatic nitrogens is 4. The van der Waals surface area contributed by atoms with Crippen LogP contribution in [0.1, 0.15) is 16.1 Å². The molecule has 0 radical (unpaired) electrons. The van der Waals surface area contributed by atoms with E-state index < -0.39 is 0 Å². The lowest BCUT2D eigenvalue weighted by Crippen LogP contribution is -2.27. The number of imidazole rings is 1. The van der Waals surface area contributed by atoms with Gasteiger partial charge in [-0.3, -0.25) is 14.0 Å². The Morgan fingerprint density at radius 1 is 1.23 bits per heavy atom. The lowest BCUT2D eigenvalue weighted by molar-refractivity contribution is 0.0777. The van der Waals surface area contributed by atoms with Crippen molar-refractivity contribution in [3.63, 3.8) is 0 Å². The zero-order valence-corrected chi connectivity index (χ0v) is 12.5. The third-order valence-electron chi connectivity index (χ3n) is 3.42. The van der Waals surface area contributed by atoms with Crippen molar-refractivity contribution in [3.8, 4) is 5.69 Å². The smallest absolute Gasteiger partial charge is 0.272 e. The Bertz CT molecular complexity index is 775. The van der Waals surface area contributed by atoms with Crippen molar-refractivity contribution in [2.45, 2.75) is 6.54 Å². The second-order valence-corrected chi connectivity index (χ2v) is 5.17. The van der Waals surface area contributed by atoms with Gasteiger partial charge in [-0.05, 0) is 12.1 Å². The van der Waals surface area contributed by atoms with Crippen LogP contribution in [-0.2, 0) is 13.6 Å². The quantitative estimate of drug-likeness (QED) is 0.738. The van der Waals surface area contributed by atoms with Gasteiger partial charge in [0.05, 0.1) is 18.7 Å². The number of carbonyl (C=O) groups is 1. The van der Waals surface area contributed by atoms with Gasteiger partial charge in [-0.15, -0.1) is 0 Å². The van der Waals surface area contributed by atoms with Crippen LogP contribution in [-0.4, -0.2) is 37.2 Å². The maximum atomic E-state index is 12.6. The van der Waals surface area contributed by atoms with E-state index >= 15 is 0 Å². The predicted molar refractivity (Wildman–Crippen MR) is 82.6 cm³/mol. The number of hydrogen-bond donors (Lipinski definition) is 0. The molecule has 2 aromatic heterocycles. The number of benzene rings is 1. The molecule has 22 heavy (non-hydrogen) atoms. The molecule has 1 amide bonds. The Morgan fingerprint density at radius 3 is 2.68 bits per heavy atom. The maximum absolute atomic E-state index is 12.6. The highest BCUT2D eigenvalue weighted by atomic mass is 16.2. The van der Waals surface area contributed by atoms with E-state index in [4.69, 9.17) is 0 Å². The minimum atomic E-state index is -0.0785. The van der Waals surface area contributed by atoms with Gasteiger partial charge in [0.2, 0.25) is 0 Å². The van der Waals surface area contributed by atoms with Crippen LogP contribution in [0.5, 0.6) is 0 Å². The summed E-state index contributed by atoms with van der Waals surface area (Å²) < 4.78 is 3.52. The van der Waals surface area contributed by atoms with Gasteiger partial charge in [0.25, 0.3) is 5.91 Å². The summed E-state index contributed by atoms with van der Waals surface area (Å²) in [7, 11) is 3.63. The SMILES string of the molecule is CN(Cc1cnn(C)c1)C(=O)c1cncn1-c1ccccc1. The predicted octanol–water partition coefficient (Wildman–Crippen LogP) is 1.88. The van der Waals surface area contributed by atoms with E-state index in [-0.39, 0.29) is 5.91 Å². The molecule has 0 saturated carbocycles. The van der Waals surface area contributed by atoms with Crippen molar-refractivity contribution in [2.75, 3.05) is 7.05 Å². The monoisotopic (exact) mass is 295 g/mol. The van der Waals surface area contributed by atoms with Crippen LogP contribution < -0.4 is 0 Å². The van der Waals surface area contributed by atoms with Gasteiger partial charge in [0.15, 0.2) is 0 Å². The van der Waals surface area contributed by atoms with E-state index in [1.54, 1.807) is 39.9 Å². The van der Waals surface area contributed by atoms with Crippen LogP contribution in [0.3, 0.4) is 0 Å². The summed E-state index contributed by atoms with van der Waals surface area (Å²) in [6, 6.07) is 9.70. The van der Waals surface area contributed by atoms with Gasteiger partial charge >= 0.3 is 0 Å². The van der Waals surface area contributed by atoms with Crippen molar-refractivity contribution in [2.24, 2.45) is 7.05 Å². The first-order chi connectivity index (χ1) is 10.6. The van der Waals surface area contributed by atoms with E-state index in [1.165, 1.54) is 0 Å². The zero-order valence-electron chi connectivity index (χ0n) is 12.5. The molecule has 3 aromatic rings. The molecule has 0 saturated heterocycles. The van der Waals surface area contributed by atoms with Crippen molar-refractivity contribution in [3.05, 3.63) is 66.5 Å². The number of nitrogens with zero attached hydrogens (tertiary/aromatic N) is 5. The molecule has 0 atom stereocenters. The molecule has 1 aromatic carbocycles. The lowest BCUT2D eigenvalue weighted by atomic mass is 10.3. The number of hydrogen-bond acceptors (Lipinski definition) is 3. The fourth-order valence-electron chi connectivity index (χ4n) is 2.34. The average Bonchev–Trinajstić information content (AvgIpc) is 3.16. The van der Waals surface area contributed by atoms with E-state index in [0.29, 0.717) is 12.2 Å². The van der Waals surface area contributed by atoms with Crippen molar-refractivity contribution in [1.29, 1.82) is 0 Å². The fraction of sp³-hybridized carbons (Fsp3) is 0.188. The Kier molecular flexibility index (Phi) is 3.74. The van der Waals surface area contributed by atoms with Crippen LogP contribution in [0.25, 0.3) is 5.69 Å². The normalized spacial score (nSPS) is 10.6. The van der Waals surface area contributed by atoms with Gasteiger partial charge in [0.1, 0.15) is 5.69 Å². The molecule has 0 aliphatic rings. The summed E-state index contributed by atoms with van der Waals surface area (Å²) in [5.41, 5.74) is 2.44. The highest BCUT2D eigenvalue weighted by Gasteiger charge is 2.17. The molecule has 0 spiro atoms. The number of aryl methyl sites for hydroxylation is 1. The summed E-state index contributed by atoms with van der Waals surface area (Å²) in [5, 5.41) is 4.12. The topological polar surface area (TPSA) is 56.0 Å². The average molecular weight is 295 g/mol. The molecule has 3 rings (SSSR count). The first-order valence-electron chi connectivity index (χ1n) is 6.96. The molecular weight excluding hydrogens is 278 g/mol. The first kappa shape index (κ1) is 14.1. The fourth-order valence-corrected chi connectivity index (χ4v) is 2.34. The van der Waals surface area contributed by atoms with Crippen molar-refractivity contribution >= 4 is 5.91 Å². The lowest BCUT2D eigenvalue weighted by Gasteiger charge is -2.17. The third kappa shape index (κ3) is 2.76. The molecule has 0 aliphatic heterocycles.